The lowest BCUT2D eigenvalue weighted by Crippen LogP contribution is -2.44. The molecule has 0 aromatic heterocycles. The van der Waals surface area contributed by atoms with E-state index >= 15 is 0 Å². The number of piperidine rings is 1. The lowest BCUT2D eigenvalue weighted by molar-refractivity contribution is 0.331. The number of rotatable bonds is 4. The fourth-order valence-corrected chi connectivity index (χ4v) is 1.80. The van der Waals surface area contributed by atoms with Crippen LogP contribution < -0.4 is 10.6 Å². The van der Waals surface area contributed by atoms with Gasteiger partial charge < -0.3 is 10.6 Å². The topological polar surface area (TPSA) is 24.1 Å². The standard InChI is InChI=1S/C10H22N2/c1-3-4-6-12-10-5-7-11-9(2)8-10/h9-12H,3-8H2,1-2H3. The van der Waals surface area contributed by atoms with Crippen molar-refractivity contribution in [2.24, 2.45) is 0 Å². The van der Waals surface area contributed by atoms with Gasteiger partial charge in [0.25, 0.3) is 0 Å². The molecule has 2 nitrogen and oxygen atoms in total. The highest BCUT2D eigenvalue weighted by atomic mass is 15.0. The maximum absolute atomic E-state index is 3.61. The Hall–Kier alpha value is -0.0800. The molecule has 1 aliphatic heterocycles. The molecule has 1 fully saturated rings. The smallest absolute Gasteiger partial charge is 0.00938 e. The highest BCUT2D eigenvalue weighted by Crippen LogP contribution is 2.07. The first kappa shape index (κ1) is 10.0. The minimum Gasteiger partial charge on any atom is -0.314 e. The molecule has 1 saturated heterocycles. The van der Waals surface area contributed by atoms with Gasteiger partial charge in [-0.3, -0.25) is 0 Å². The Kier molecular flexibility index (Phi) is 4.62. The van der Waals surface area contributed by atoms with E-state index in [1.807, 2.05) is 0 Å². The molecule has 0 aromatic rings. The van der Waals surface area contributed by atoms with Gasteiger partial charge in [0.15, 0.2) is 0 Å². The molecule has 0 spiro atoms. The van der Waals surface area contributed by atoms with Gasteiger partial charge in [-0.05, 0) is 39.3 Å². The van der Waals surface area contributed by atoms with Crippen LogP contribution in [-0.2, 0) is 0 Å². The third kappa shape index (κ3) is 3.55. The van der Waals surface area contributed by atoms with E-state index in [4.69, 9.17) is 0 Å². The summed E-state index contributed by atoms with van der Waals surface area (Å²) in [6.45, 7) is 6.90. The Morgan fingerprint density at radius 2 is 2.33 bits per heavy atom. The number of unbranched alkanes of at least 4 members (excludes halogenated alkanes) is 1. The predicted molar refractivity (Wildman–Crippen MR) is 53.4 cm³/mol. The van der Waals surface area contributed by atoms with Crippen LogP contribution in [0.3, 0.4) is 0 Å². The molecule has 1 aliphatic rings. The van der Waals surface area contributed by atoms with Crippen molar-refractivity contribution < 1.29 is 0 Å². The first-order valence-corrected chi connectivity index (χ1v) is 5.29. The van der Waals surface area contributed by atoms with Crippen LogP contribution >= 0.6 is 0 Å². The molecule has 1 heterocycles. The Morgan fingerprint density at radius 3 is 3.00 bits per heavy atom. The maximum Gasteiger partial charge on any atom is 0.00938 e. The summed E-state index contributed by atoms with van der Waals surface area (Å²) in [6, 6.07) is 1.48. The summed E-state index contributed by atoms with van der Waals surface area (Å²) in [4.78, 5) is 0. The predicted octanol–water partition coefficient (Wildman–Crippen LogP) is 1.52. The second-order valence-electron chi connectivity index (χ2n) is 3.88. The molecular weight excluding hydrogens is 148 g/mol. The summed E-state index contributed by atoms with van der Waals surface area (Å²) < 4.78 is 0. The maximum atomic E-state index is 3.61. The summed E-state index contributed by atoms with van der Waals surface area (Å²) in [5.74, 6) is 0. The van der Waals surface area contributed by atoms with Gasteiger partial charge >= 0.3 is 0 Å². The van der Waals surface area contributed by atoms with Crippen molar-refractivity contribution in [2.45, 2.75) is 51.6 Å². The zero-order valence-corrected chi connectivity index (χ0v) is 8.40. The van der Waals surface area contributed by atoms with Crippen LogP contribution in [0.2, 0.25) is 0 Å². The molecule has 0 aliphatic carbocycles. The fraction of sp³-hybridized carbons (Fsp3) is 1.00. The van der Waals surface area contributed by atoms with Gasteiger partial charge in [0.05, 0.1) is 0 Å². The summed E-state index contributed by atoms with van der Waals surface area (Å²) in [6.07, 6.45) is 5.21. The zero-order chi connectivity index (χ0) is 8.81. The van der Waals surface area contributed by atoms with Gasteiger partial charge in [0, 0.05) is 12.1 Å². The number of hydrogen-bond acceptors (Lipinski definition) is 2. The van der Waals surface area contributed by atoms with Gasteiger partial charge in [-0.1, -0.05) is 13.3 Å². The first-order valence-electron chi connectivity index (χ1n) is 5.29. The second kappa shape index (κ2) is 5.55. The third-order valence-corrected chi connectivity index (χ3v) is 2.59. The van der Waals surface area contributed by atoms with E-state index in [0.29, 0.717) is 6.04 Å². The van der Waals surface area contributed by atoms with Crippen molar-refractivity contribution in [2.75, 3.05) is 13.1 Å². The third-order valence-electron chi connectivity index (χ3n) is 2.59. The Morgan fingerprint density at radius 1 is 1.50 bits per heavy atom. The largest absolute Gasteiger partial charge is 0.314 e. The number of hydrogen-bond donors (Lipinski definition) is 2. The minimum atomic E-state index is 0.706. The normalized spacial score (nSPS) is 30.5. The lowest BCUT2D eigenvalue weighted by Gasteiger charge is -2.28. The van der Waals surface area contributed by atoms with Gasteiger partial charge in [-0.25, -0.2) is 0 Å². The first-order chi connectivity index (χ1) is 5.83. The molecule has 1 rings (SSSR count). The summed E-state index contributed by atoms with van der Waals surface area (Å²) >= 11 is 0. The van der Waals surface area contributed by atoms with E-state index < -0.39 is 0 Å². The number of nitrogens with one attached hydrogen (secondary N) is 2. The molecule has 2 N–H and O–H groups in total. The molecule has 0 amide bonds. The van der Waals surface area contributed by atoms with Gasteiger partial charge in [-0.15, -0.1) is 0 Å². The Labute approximate surface area is 76.1 Å². The quantitative estimate of drug-likeness (QED) is 0.625. The van der Waals surface area contributed by atoms with Gasteiger partial charge in [0.1, 0.15) is 0 Å². The van der Waals surface area contributed by atoms with Crippen molar-refractivity contribution in [1.29, 1.82) is 0 Å². The molecule has 0 saturated carbocycles. The van der Waals surface area contributed by atoms with Crippen LogP contribution in [-0.4, -0.2) is 25.2 Å². The highest BCUT2D eigenvalue weighted by molar-refractivity contribution is 4.79. The van der Waals surface area contributed by atoms with Gasteiger partial charge in [-0.2, -0.15) is 0 Å². The average molecular weight is 170 g/mol. The van der Waals surface area contributed by atoms with E-state index in [1.165, 1.54) is 38.8 Å². The fourth-order valence-electron chi connectivity index (χ4n) is 1.80. The summed E-state index contributed by atoms with van der Waals surface area (Å²) in [5, 5.41) is 7.08. The molecule has 0 aromatic carbocycles. The van der Waals surface area contributed by atoms with Crippen molar-refractivity contribution in [3.63, 3.8) is 0 Å². The monoisotopic (exact) mass is 170 g/mol. The summed E-state index contributed by atoms with van der Waals surface area (Å²) in [5.41, 5.74) is 0. The van der Waals surface area contributed by atoms with E-state index in [1.54, 1.807) is 0 Å². The van der Waals surface area contributed by atoms with E-state index in [9.17, 15) is 0 Å². The SMILES string of the molecule is CCCCNC1CCNC(C)C1. The van der Waals surface area contributed by atoms with Gasteiger partial charge in [0.2, 0.25) is 0 Å². The van der Waals surface area contributed by atoms with Crippen molar-refractivity contribution in [3.05, 3.63) is 0 Å². The van der Waals surface area contributed by atoms with Crippen molar-refractivity contribution in [3.8, 4) is 0 Å². The molecule has 2 heteroatoms. The van der Waals surface area contributed by atoms with Crippen LogP contribution in [0.15, 0.2) is 0 Å². The van der Waals surface area contributed by atoms with Crippen LogP contribution in [0.4, 0.5) is 0 Å². The molecule has 2 unspecified atom stereocenters. The second-order valence-corrected chi connectivity index (χ2v) is 3.88. The van der Waals surface area contributed by atoms with Crippen LogP contribution in [0.1, 0.15) is 39.5 Å². The molecule has 12 heavy (non-hydrogen) atoms. The molecule has 2 atom stereocenters. The Bertz CT molecular complexity index is 114. The Balaban J connectivity index is 2.06. The zero-order valence-electron chi connectivity index (χ0n) is 8.40. The highest BCUT2D eigenvalue weighted by Gasteiger charge is 2.16. The van der Waals surface area contributed by atoms with Crippen LogP contribution in [0.25, 0.3) is 0 Å². The molecule has 0 bridgehead atoms. The van der Waals surface area contributed by atoms with Crippen LogP contribution in [0.5, 0.6) is 0 Å². The van der Waals surface area contributed by atoms with Crippen molar-refractivity contribution in [1.82, 2.24) is 10.6 Å². The molecule has 72 valence electrons. The van der Waals surface area contributed by atoms with Crippen molar-refractivity contribution >= 4 is 0 Å². The van der Waals surface area contributed by atoms with Crippen LogP contribution in [0, 0.1) is 0 Å². The summed E-state index contributed by atoms with van der Waals surface area (Å²) in [7, 11) is 0. The van der Waals surface area contributed by atoms with E-state index in [0.717, 1.165) is 6.04 Å². The average Bonchev–Trinajstić information content (AvgIpc) is 2.05. The molecular formula is C10H22N2. The lowest BCUT2D eigenvalue weighted by atomic mass is 10.0. The minimum absolute atomic E-state index is 0.706. The molecule has 0 radical (unpaired) electrons. The van der Waals surface area contributed by atoms with E-state index in [2.05, 4.69) is 24.5 Å². The van der Waals surface area contributed by atoms with E-state index in [-0.39, 0.29) is 0 Å².